The van der Waals surface area contributed by atoms with Crippen LogP contribution < -0.4 is 14.9 Å². The number of rotatable bonds is 6. The Hall–Kier alpha value is -3.90. The third-order valence-electron chi connectivity index (χ3n) is 7.04. The van der Waals surface area contributed by atoms with Gasteiger partial charge in [-0.25, -0.2) is 13.2 Å². The third kappa shape index (κ3) is 5.16. The maximum absolute atomic E-state index is 13.4. The van der Waals surface area contributed by atoms with Crippen LogP contribution in [0.5, 0.6) is 0 Å². The third-order valence-corrected chi connectivity index (χ3v) is 10.00. The number of sulfonamides is 1. The molecule has 12 heteroatoms. The van der Waals surface area contributed by atoms with Gasteiger partial charge >= 0.3 is 6.09 Å². The first-order chi connectivity index (χ1) is 19.2. The summed E-state index contributed by atoms with van der Waals surface area (Å²) in [4.78, 5) is 40.7. The molecule has 0 spiro atoms. The molecule has 2 aromatic carbocycles. The molecule has 1 aromatic heterocycles. The minimum atomic E-state index is -3.81. The fourth-order valence-electron chi connectivity index (χ4n) is 5.06. The van der Waals surface area contributed by atoms with Crippen molar-refractivity contribution in [1.82, 2.24) is 10.2 Å². The zero-order valence-electron chi connectivity index (χ0n) is 22.2. The van der Waals surface area contributed by atoms with Crippen LogP contribution in [0.25, 0.3) is 0 Å². The van der Waals surface area contributed by atoms with Gasteiger partial charge in [-0.05, 0) is 67.6 Å². The summed E-state index contributed by atoms with van der Waals surface area (Å²) in [6.07, 6.45) is 1.59. The second-order valence-corrected chi connectivity index (χ2v) is 12.4. The van der Waals surface area contributed by atoms with Crippen molar-refractivity contribution in [3.05, 3.63) is 75.7 Å². The lowest BCUT2D eigenvalue weighted by Crippen LogP contribution is -2.36. The number of fused-ring (bicyclic) bond motifs is 2. The summed E-state index contributed by atoms with van der Waals surface area (Å²) < 4.78 is 33.4. The van der Waals surface area contributed by atoms with Gasteiger partial charge in [-0.1, -0.05) is 18.2 Å². The van der Waals surface area contributed by atoms with Gasteiger partial charge in [0.25, 0.3) is 21.8 Å². The van der Waals surface area contributed by atoms with Crippen molar-refractivity contribution in [2.24, 2.45) is 0 Å². The van der Waals surface area contributed by atoms with Gasteiger partial charge in [0.15, 0.2) is 0 Å². The number of nitrogens with one attached hydrogen (secondary N) is 2. The number of anilines is 2. The molecule has 0 unspecified atom stereocenters. The smallest absolute Gasteiger partial charge is 0.410 e. The van der Waals surface area contributed by atoms with E-state index in [2.05, 4.69) is 10.6 Å². The van der Waals surface area contributed by atoms with E-state index < -0.39 is 22.0 Å². The molecule has 3 heterocycles. The molecule has 210 valence electrons. The van der Waals surface area contributed by atoms with E-state index in [1.807, 2.05) is 24.3 Å². The zero-order chi connectivity index (χ0) is 28.4. The number of amides is 3. The Morgan fingerprint density at radius 2 is 1.75 bits per heavy atom. The highest BCUT2D eigenvalue weighted by molar-refractivity contribution is 7.92. The number of nitrogens with zero attached hydrogens (tertiary/aromatic N) is 2. The standard InChI is InChI=1S/C28H30N4O6S2/c1-3-38-28(35)31-16-14-21-23(17-31)39-27(24(21)26(34)29-2)30-25(33)19-10-12-20(13-11-19)40(36,37)32-15-6-8-18-7-4-5-9-22(18)32/h4-5,7,9-13H,3,6,8,14-17H2,1-2H3,(H,29,34)(H,30,33). The van der Waals surface area contributed by atoms with Crippen LogP contribution in [-0.2, 0) is 34.1 Å². The molecular weight excluding hydrogens is 552 g/mol. The molecule has 2 aliphatic heterocycles. The van der Waals surface area contributed by atoms with Crippen LogP contribution in [0.15, 0.2) is 53.4 Å². The summed E-state index contributed by atoms with van der Waals surface area (Å²) in [5.74, 6) is -0.807. The quantitative estimate of drug-likeness (QED) is 0.453. The second-order valence-electron chi connectivity index (χ2n) is 9.45. The van der Waals surface area contributed by atoms with Crippen molar-refractivity contribution in [2.45, 2.75) is 37.6 Å². The Balaban J connectivity index is 1.37. The van der Waals surface area contributed by atoms with E-state index in [9.17, 15) is 22.8 Å². The lowest BCUT2D eigenvalue weighted by atomic mass is 10.0. The molecular formula is C28H30N4O6S2. The SMILES string of the molecule is CCOC(=O)N1CCc2c(sc(NC(=O)c3ccc(S(=O)(=O)N4CCCc5ccccc54)cc3)c2C(=O)NC)C1. The largest absolute Gasteiger partial charge is 0.450 e. The van der Waals surface area contributed by atoms with E-state index in [1.54, 1.807) is 11.8 Å². The van der Waals surface area contributed by atoms with Crippen LogP contribution >= 0.6 is 11.3 Å². The van der Waals surface area contributed by atoms with Gasteiger partial charge in [0.1, 0.15) is 5.00 Å². The lowest BCUT2D eigenvalue weighted by Gasteiger charge is -2.30. The molecule has 0 aliphatic carbocycles. The summed E-state index contributed by atoms with van der Waals surface area (Å²) in [7, 11) is -2.29. The first-order valence-corrected chi connectivity index (χ1v) is 15.3. The summed E-state index contributed by atoms with van der Waals surface area (Å²) in [5, 5.41) is 5.83. The molecule has 0 saturated heterocycles. The minimum absolute atomic E-state index is 0.0949. The molecule has 40 heavy (non-hydrogen) atoms. The normalized spacial score (nSPS) is 14.7. The van der Waals surface area contributed by atoms with Crippen LogP contribution in [0.1, 0.15) is 50.1 Å². The van der Waals surface area contributed by atoms with Crippen LogP contribution in [0, 0.1) is 0 Å². The van der Waals surface area contributed by atoms with E-state index in [0.717, 1.165) is 28.8 Å². The average Bonchev–Trinajstić information content (AvgIpc) is 3.33. The van der Waals surface area contributed by atoms with E-state index in [1.165, 1.54) is 47.0 Å². The highest BCUT2D eigenvalue weighted by atomic mass is 32.2. The highest BCUT2D eigenvalue weighted by Crippen LogP contribution is 2.38. The number of carbonyl (C=O) groups excluding carboxylic acids is 3. The van der Waals surface area contributed by atoms with Gasteiger partial charge in [-0.15, -0.1) is 11.3 Å². The van der Waals surface area contributed by atoms with Crippen molar-refractivity contribution in [2.75, 3.05) is 36.4 Å². The number of carbonyl (C=O) groups is 3. The molecule has 2 aliphatic rings. The van der Waals surface area contributed by atoms with Crippen LogP contribution in [-0.4, -0.2) is 58.0 Å². The van der Waals surface area contributed by atoms with E-state index in [-0.39, 0.29) is 29.5 Å². The maximum Gasteiger partial charge on any atom is 0.410 e. The minimum Gasteiger partial charge on any atom is -0.450 e. The second kappa shape index (κ2) is 11.3. The fraction of sp³-hybridized carbons (Fsp3) is 0.321. The molecule has 0 fully saturated rings. The van der Waals surface area contributed by atoms with Crippen molar-refractivity contribution in [3.8, 4) is 0 Å². The maximum atomic E-state index is 13.4. The van der Waals surface area contributed by atoms with Gasteiger partial charge in [-0.2, -0.15) is 0 Å². The molecule has 0 atom stereocenters. The van der Waals surface area contributed by atoms with E-state index >= 15 is 0 Å². The van der Waals surface area contributed by atoms with Crippen LogP contribution in [0.2, 0.25) is 0 Å². The van der Waals surface area contributed by atoms with Crippen molar-refractivity contribution in [1.29, 1.82) is 0 Å². The highest BCUT2D eigenvalue weighted by Gasteiger charge is 2.31. The molecule has 2 N–H and O–H groups in total. The number of hydrogen-bond acceptors (Lipinski definition) is 7. The summed E-state index contributed by atoms with van der Waals surface area (Å²) in [5.41, 5.74) is 3.09. The van der Waals surface area contributed by atoms with Crippen molar-refractivity contribution < 1.29 is 27.5 Å². The summed E-state index contributed by atoms with van der Waals surface area (Å²) in [6, 6.07) is 13.3. The Bertz CT molecular complexity index is 1570. The number of ether oxygens (including phenoxy) is 1. The zero-order valence-corrected chi connectivity index (χ0v) is 23.9. The molecule has 0 saturated carbocycles. The van der Waals surface area contributed by atoms with E-state index in [0.29, 0.717) is 35.8 Å². The monoisotopic (exact) mass is 582 g/mol. The van der Waals surface area contributed by atoms with Gasteiger partial charge in [0.2, 0.25) is 0 Å². The molecule has 0 radical (unpaired) electrons. The predicted octanol–water partition coefficient (Wildman–Crippen LogP) is 4.02. The summed E-state index contributed by atoms with van der Waals surface area (Å²) >= 11 is 1.24. The number of para-hydroxylation sites is 1. The first-order valence-electron chi connectivity index (χ1n) is 13.0. The number of benzene rings is 2. The number of hydrogen-bond donors (Lipinski definition) is 2. The topological polar surface area (TPSA) is 125 Å². The number of aryl methyl sites for hydroxylation is 1. The fourth-order valence-corrected chi connectivity index (χ4v) is 7.85. The van der Waals surface area contributed by atoms with Crippen molar-refractivity contribution >= 4 is 50.0 Å². The molecule has 5 rings (SSSR count). The Morgan fingerprint density at radius 3 is 2.48 bits per heavy atom. The van der Waals surface area contributed by atoms with Crippen LogP contribution in [0.3, 0.4) is 0 Å². The number of thiophene rings is 1. The van der Waals surface area contributed by atoms with E-state index in [4.69, 9.17) is 4.74 Å². The molecule has 3 aromatic rings. The Kier molecular flexibility index (Phi) is 7.81. The van der Waals surface area contributed by atoms with Gasteiger partial charge in [0, 0.05) is 30.6 Å². The Morgan fingerprint density at radius 1 is 1.00 bits per heavy atom. The van der Waals surface area contributed by atoms with Gasteiger partial charge < -0.3 is 20.3 Å². The predicted molar refractivity (Wildman–Crippen MR) is 153 cm³/mol. The van der Waals surface area contributed by atoms with Crippen LogP contribution in [0.4, 0.5) is 15.5 Å². The Labute approximate surface area is 237 Å². The lowest BCUT2D eigenvalue weighted by molar-refractivity contribution is 0.0961. The van der Waals surface area contributed by atoms with Gasteiger partial charge in [-0.3, -0.25) is 13.9 Å². The molecule has 0 bridgehead atoms. The van der Waals surface area contributed by atoms with Gasteiger partial charge in [0.05, 0.1) is 29.3 Å². The van der Waals surface area contributed by atoms with Crippen molar-refractivity contribution in [3.63, 3.8) is 0 Å². The first kappa shape index (κ1) is 27.7. The molecule has 3 amide bonds. The molecule has 10 nitrogen and oxygen atoms in total. The summed E-state index contributed by atoms with van der Waals surface area (Å²) in [6.45, 7) is 3.08. The average molecular weight is 583 g/mol.